The zero-order valence-corrected chi connectivity index (χ0v) is 10.5. The average Bonchev–Trinajstić information content (AvgIpc) is 2.33. The van der Waals surface area contributed by atoms with Crippen LogP contribution in [0.1, 0.15) is 44.1 Å². The van der Waals surface area contributed by atoms with Gasteiger partial charge in [0.15, 0.2) is 0 Å². The first-order valence-electron chi connectivity index (χ1n) is 6.81. The lowest BCUT2D eigenvalue weighted by molar-refractivity contribution is 0.280. The number of hydrogen-bond acceptors (Lipinski definition) is 0. The standard InChI is InChI=1S/C17H20/c1-13(11-14-5-4-6-14)16-10-9-15-7-2-3-8-17(15)12-16/h2-3,7-10,12-14H,4-6,11H2,1H3. The monoisotopic (exact) mass is 224 g/mol. The normalized spacial score (nSPS) is 17.9. The number of fused-ring (bicyclic) bond motifs is 1. The molecule has 1 aliphatic carbocycles. The van der Waals surface area contributed by atoms with Gasteiger partial charge in [0.1, 0.15) is 0 Å². The van der Waals surface area contributed by atoms with Crippen molar-refractivity contribution in [3.63, 3.8) is 0 Å². The van der Waals surface area contributed by atoms with E-state index in [1.165, 1.54) is 42.0 Å². The Morgan fingerprint density at radius 3 is 2.53 bits per heavy atom. The van der Waals surface area contributed by atoms with E-state index in [2.05, 4.69) is 49.4 Å². The van der Waals surface area contributed by atoms with Crippen molar-refractivity contribution >= 4 is 10.8 Å². The van der Waals surface area contributed by atoms with Crippen molar-refractivity contribution in [3.8, 4) is 0 Å². The summed E-state index contributed by atoms with van der Waals surface area (Å²) in [6.07, 6.45) is 5.74. The van der Waals surface area contributed by atoms with Crippen LogP contribution in [0.4, 0.5) is 0 Å². The lowest BCUT2D eigenvalue weighted by atomic mass is 9.77. The van der Waals surface area contributed by atoms with Crippen LogP contribution in [-0.4, -0.2) is 0 Å². The molecule has 0 N–H and O–H groups in total. The Morgan fingerprint density at radius 1 is 1.06 bits per heavy atom. The highest BCUT2D eigenvalue weighted by atomic mass is 14.3. The molecule has 1 atom stereocenters. The van der Waals surface area contributed by atoms with Crippen LogP contribution in [0.25, 0.3) is 10.8 Å². The second kappa shape index (κ2) is 4.52. The van der Waals surface area contributed by atoms with E-state index in [0.717, 1.165) is 5.92 Å². The van der Waals surface area contributed by atoms with Crippen molar-refractivity contribution in [2.75, 3.05) is 0 Å². The fourth-order valence-corrected chi connectivity index (χ4v) is 2.88. The number of hydrogen-bond donors (Lipinski definition) is 0. The molecule has 0 aliphatic heterocycles. The van der Waals surface area contributed by atoms with Crippen LogP contribution in [0.5, 0.6) is 0 Å². The Hall–Kier alpha value is -1.30. The second-order valence-electron chi connectivity index (χ2n) is 5.54. The second-order valence-corrected chi connectivity index (χ2v) is 5.54. The van der Waals surface area contributed by atoms with Gasteiger partial charge in [-0.3, -0.25) is 0 Å². The molecule has 0 amide bonds. The zero-order chi connectivity index (χ0) is 11.7. The molecule has 1 saturated carbocycles. The van der Waals surface area contributed by atoms with Crippen LogP contribution in [0, 0.1) is 5.92 Å². The minimum Gasteiger partial charge on any atom is -0.0616 e. The SMILES string of the molecule is CC(CC1CCC1)c1ccc2ccccc2c1. The van der Waals surface area contributed by atoms with Gasteiger partial charge in [-0.1, -0.05) is 68.7 Å². The first-order chi connectivity index (χ1) is 8.33. The van der Waals surface area contributed by atoms with Crippen molar-refractivity contribution < 1.29 is 0 Å². The Kier molecular flexibility index (Phi) is 2.88. The van der Waals surface area contributed by atoms with Crippen molar-refractivity contribution in [1.29, 1.82) is 0 Å². The molecule has 0 nitrogen and oxygen atoms in total. The third kappa shape index (κ3) is 2.22. The highest BCUT2D eigenvalue weighted by Crippen LogP contribution is 2.36. The molecule has 0 bridgehead atoms. The molecule has 1 fully saturated rings. The van der Waals surface area contributed by atoms with Gasteiger partial charge in [0.2, 0.25) is 0 Å². The van der Waals surface area contributed by atoms with Gasteiger partial charge in [-0.15, -0.1) is 0 Å². The van der Waals surface area contributed by atoms with Crippen LogP contribution in [0.3, 0.4) is 0 Å². The molecule has 0 heteroatoms. The molecule has 3 rings (SSSR count). The predicted octanol–water partition coefficient (Wildman–Crippen LogP) is 5.13. The summed E-state index contributed by atoms with van der Waals surface area (Å²) in [5.74, 6) is 1.71. The maximum Gasteiger partial charge on any atom is -0.0181 e. The maximum absolute atomic E-state index is 2.38. The Morgan fingerprint density at radius 2 is 1.82 bits per heavy atom. The van der Waals surface area contributed by atoms with E-state index in [4.69, 9.17) is 0 Å². The van der Waals surface area contributed by atoms with E-state index in [9.17, 15) is 0 Å². The summed E-state index contributed by atoms with van der Waals surface area (Å²) in [7, 11) is 0. The van der Waals surface area contributed by atoms with Gasteiger partial charge in [0.05, 0.1) is 0 Å². The van der Waals surface area contributed by atoms with Gasteiger partial charge >= 0.3 is 0 Å². The van der Waals surface area contributed by atoms with Gasteiger partial charge in [0, 0.05) is 0 Å². The highest BCUT2D eigenvalue weighted by molar-refractivity contribution is 5.83. The summed E-state index contributed by atoms with van der Waals surface area (Å²) in [6.45, 7) is 2.38. The van der Waals surface area contributed by atoms with E-state index >= 15 is 0 Å². The summed E-state index contributed by atoms with van der Waals surface area (Å²) in [6, 6.07) is 15.6. The quantitative estimate of drug-likeness (QED) is 0.677. The highest BCUT2D eigenvalue weighted by Gasteiger charge is 2.20. The van der Waals surface area contributed by atoms with Crippen molar-refractivity contribution in [3.05, 3.63) is 48.0 Å². The van der Waals surface area contributed by atoms with Crippen molar-refractivity contribution in [2.24, 2.45) is 5.92 Å². The first-order valence-corrected chi connectivity index (χ1v) is 6.81. The summed E-state index contributed by atoms with van der Waals surface area (Å²) in [4.78, 5) is 0. The first kappa shape index (κ1) is 10.8. The molecule has 2 aromatic rings. The van der Waals surface area contributed by atoms with Gasteiger partial charge in [-0.2, -0.15) is 0 Å². The molecule has 1 unspecified atom stereocenters. The topological polar surface area (TPSA) is 0 Å². The van der Waals surface area contributed by atoms with E-state index in [-0.39, 0.29) is 0 Å². The minimum atomic E-state index is 0.713. The fourth-order valence-electron chi connectivity index (χ4n) is 2.88. The zero-order valence-electron chi connectivity index (χ0n) is 10.5. The average molecular weight is 224 g/mol. The molecule has 0 aromatic heterocycles. The van der Waals surface area contributed by atoms with E-state index in [0.29, 0.717) is 5.92 Å². The predicted molar refractivity (Wildman–Crippen MR) is 74.3 cm³/mol. The molecule has 0 radical (unpaired) electrons. The molecule has 17 heavy (non-hydrogen) atoms. The van der Waals surface area contributed by atoms with Crippen LogP contribution >= 0.6 is 0 Å². The Labute approximate surface area is 104 Å². The fraction of sp³-hybridized carbons (Fsp3) is 0.412. The van der Waals surface area contributed by atoms with E-state index in [1.807, 2.05) is 0 Å². The van der Waals surface area contributed by atoms with E-state index in [1.54, 1.807) is 0 Å². The Balaban J connectivity index is 1.83. The van der Waals surface area contributed by atoms with Crippen molar-refractivity contribution in [2.45, 2.75) is 38.5 Å². The van der Waals surface area contributed by atoms with Crippen LogP contribution in [0.15, 0.2) is 42.5 Å². The van der Waals surface area contributed by atoms with Gasteiger partial charge in [-0.05, 0) is 34.6 Å². The lowest BCUT2D eigenvalue weighted by Crippen LogP contribution is -2.13. The third-order valence-corrected chi connectivity index (χ3v) is 4.25. The molecule has 88 valence electrons. The van der Waals surface area contributed by atoms with Crippen molar-refractivity contribution in [1.82, 2.24) is 0 Å². The largest absolute Gasteiger partial charge is 0.0616 e. The van der Waals surface area contributed by atoms with E-state index < -0.39 is 0 Å². The van der Waals surface area contributed by atoms with Gasteiger partial charge in [0.25, 0.3) is 0 Å². The molecule has 0 heterocycles. The summed E-state index contributed by atoms with van der Waals surface area (Å²) >= 11 is 0. The molecule has 1 aliphatic rings. The number of benzene rings is 2. The number of rotatable bonds is 3. The summed E-state index contributed by atoms with van der Waals surface area (Å²) < 4.78 is 0. The van der Waals surface area contributed by atoms with Crippen LogP contribution < -0.4 is 0 Å². The molecular weight excluding hydrogens is 204 g/mol. The molecular formula is C17H20. The van der Waals surface area contributed by atoms with Crippen LogP contribution in [0.2, 0.25) is 0 Å². The molecule has 0 spiro atoms. The molecule has 2 aromatic carbocycles. The molecule has 0 saturated heterocycles. The van der Waals surface area contributed by atoms with Crippen LogP contribution in [-0.2, 0) is 0 Å². The minimum absolute atomic E-state index is 0.713. The lowest BCUT2D eigenvalue weighted by Gasteiger charge is -2.28. The maximum atomic E-state index is 2.38. The van der Waals surface area contributed by atoms with Gasteiger partial charge < -0.3 is 0 Å². The Bertz CT molecular complexity index is 508. The smallest absolute Gasteiger partial charge is 0.0181 e. The van der Waals surface area contributed by atoms with Gasteiger partial charge in [-0.25, -0.2) is 0 Å². The summed E-state index contributed by atoms with van der Waals surface area (Å²) in [5.41, 5.74) is 1.51. The third-order valence-electron chi connectivity index (χ3n) is 4.25. The summed E-state index contributed by atoms with van der Waals surface area (Å²) in [5, 5.41) is 2.73.